The largest absolute Gasteiger partial charge is 0.481 e. The van der Waals surface area contributed by atoms with Crippen LogP contribution in [-0.4, -0.2) is 172 Å². The molecule has 536 valence electrons. The first-order valence-corrected chi connectivity index (χ1v) is 35.7. The van der Waals surface area contributed by atoms with Crippen LogP contribution in [0.4, 0.5) is 26.3 Å². The molecular weight excluding hydrogens is 1250 g/mol. The van der Waals surface area contributed by atoms with Gasteiger partial charge >= 0.3 is 31.0 Å². The highest BCUT2D eigenvalue weighted by Gasteiger charge is 2.72. The maximum atomic E-state index is 15.1. The normalized spacial score (nSPS) is 51.7. The van der Waals surface area contributed by atoms with Gasteiger partial charge in [-0.25, -0.2) is 26.3 Å². The van der Waals surface area contributed by atoms with E-state index in [1.165, 1.54) is 19.1 Å². The van der Waals surface area contributed by atoms with Gasteiger partial charge in [0.15, 0.2) is 0 Å². The zero-order valence-electron chi connectivity index (χ0n) is 56.9. The SMILES string of the molecule is COC(=O)[C@@H](C)C12CC3(C)CC(O)(CC(O)(C3)C1)C2.COC(=O)[C@@H](C)C12CC3CC(F)(CC(F)(C3)C1)C2.C[C@H](C(=O)O)C12CC3CC(F)(CC(F)(C3)C1)C2.C[C@H](C(=O)O)C12CC3CC(O)(CC(O)(C3)C1)C2.N[C@H](C(=O)N1CCC[C@H]1B(O)O)C12CC3CC(F)(CC(F)(C3)C1)C2. The van der Waals surface area contributed by atoms with Crippen molar-refractivity contribution >= 4 is 36.9 Å². The number of nitrogens with zero attached hydrogens (tertiary/aromatic N) is 1. The number of aliphatic carboxylic acids is 2. The highest BCUT2D eigenvalue weighted by molar-refractivity contribution is 6.43. The maximum absolute atomic E-state index is 15.1. The van der Waals surface area contributed by atoms with E-state index in [1.54, 1.807) is 20.8 Å². The van der Waals surface area contributed by atoms with Crippen molar-refractivity contribution in [3.8, 4) is 0 Å². The predicted molar refractivity (Wildman–Crippen MR) is 334 cm³/mol. The number of carboxylic acids is 2. The van der Waals surface area contributed by atoms with E-state index < -0.39 is 127 Å². The lowest BCUT2D eigenvalue weighted by molar-refractivity contribution is -0.266. The monoisotopic (exact) mass is 1350 g/mol. The number of likely N-dealkylation sites (tertiary alicyclic amines) is 1. The lowest BCUT2D eigenvalue weighted by atomic mass is 9.39. The van der Waals surface area contributed by atoms with Crippen molar-refractivity contribution in [1.29, 1.82) is 0 Å². The van der Waals surface area contributed by atoms with E-state index >= 15 is 8.78 Å². The molecular formula is C71H107BF6N2O15. The fraction of sp³-hybridized carbons (Fsp3) is 0.930. The number of methoxy groups -OCH3 is 2. The Kier molecular flexibility index (Phi) is 17.2. The van der Waals surface area contributed by atoms with Gasteiger partial charge in [-0.15, -0.1) is 0 Å². The number of aliphatic hydroxyl groups is 4. The zero-order chi connectivity index (χ0) is 69.6. The van der Waals surface area contributed by atoms with E-state index in [2.05, 4.69) is 6.92 Å². The average Bonchev–Trinajstić information content (AvgIpc) is 0.835. The maximum Gasteiger partial charge on any atom is 0.475 e. The summed E-state index contributed by atoms with van der Waals surface area (Å²) in [6.45, 7) is 9.54. The molecule has 16 atom stereocenters. The highest BCUT2D eigenvalue weighted by atomic mass is 19.2. The molecule has 20 bridgehead atoms. The Morgan fingerprint density at radius 3 is 1.08 bits per heavy atom. The summed E-state index contributed by atoms with van der Waals surface area (Å²) in [6, 6.07) is -0.981. The van der Waals surface area contributed by atoms with Crippen molar-refractivity contribution in [3.05, 3.63) is 0 Å². The number of carbonyl (C=O) groups is 5. The van der Waals surface area contributed by atoms with Crippen LogP contribution in [0.1, 0.15) is 240 Å². The number of hydrogen-bond donors (Lipinski definition) is 9. The van der Waals surface area contributed by atoms with Crippen LogP contribution in [0.25, 0.3) is 0 Å². The number of hydrogen-bond acceptors (Lipinski definition) is 14. The predicted octanol–water partition coefficient (Wildman–Crippen LogP) is 9.81. The van der Waals surface area contributed by atoms with Gasteiger partial charge in [0, 0.05) is 44.1 Å². The summed E-state index contributed by atoms with van der Waals surface area (Å²) in [7, 11) is 1.14. The molecule has 21 aliphatic rings. The van der Waals surface area contributed by atoms with E-state index in [0.717, 1.165) is 44.9 Å². The topological polar surface area (TPSA) is 295 Å². The van der Waals surface area contributed by atoms with Crippen molar-refractivity contribution in [2.24, 2.45) is 85.6 Å². The molecule has 10 N–H and O–H groups in total. The molecule has 1 aliphatic heterocycles. The quantitative estimate of drug-likeness (QED) is 0.0528. The van der Waals surface area contributed by atoms with Gasteiger partial charge < -0.3 is 60.8 Å². The van der Waals surface area contributed by atoms with Crippen LogP contribution >= 0.6 is 0 Å². The number of alkyl halides is 6. The van der Waals surface area contributed by atoms with Crippen LogP contribution in [0.5, 0.6) is 0 Å². The molecule has 10 unspecified atom stereocenters. The third kappa shape index (κ3) is 12.7. The first-order valence-electron chi connectivity index (χ1n) is 35.7. The van der Waals surface area contributed by atoms with Crippen LogP contribution in [0, 0.1) is 79.8 Å². The molecule has 0 aromatic carbocycles. The Morgan fingerprint density at radius 2 is 0.747 bits per heavy atom. The van der Waals surface area contributed by atoms with Crippen molar-refractivity contribution in [3.63, 3.8) is 0 Å². The number of carboxylic acid groups (broad SMARTS) is 2. The molecule has 0 radical (unpaired) electrons. The summed E-state index contributed by atoms with van der Waals surface area (Å²) >= 11 is 0. The fourth-order valence-electron chi connectivity index (χ4n) is 27.8. The minimum absolute atomic E-state index is 0.00934. The molecule has 20 saturated carbocycles. The summed E-state index contributed by atoms with van der Waals surface area (Å²) in [5.41, 5.74) is -8.50. The molecule has 1 saturated heterocycles. The summed E-state index contributed by atoms with van der Waals surface area (Å²) < 4.78 is 98.4. The van der Waals surface area contributed by atoms with E-state index in [0.29, 0.717) is 128 Å². The number of amides is 1. The second-order valence-corrected chi connectivity index (χ2v) is 37.3. The lowest BCUT2D eigenvalue weighted by Gasteiger charge is -2.68. The zero-order valence-corrected chi connectivity index (χ0v) is 56.9. The number of halogens is 6. The van der Waals surface area contributed by atoms with Crippen LogP contribution in [0.3, 0.4) is 0 Å². The third-order valence-electron chi connectivity index (χ3n) is 28.7. The summed E-state index contributed by atoms with van der Waals surface area (Å²) in [4.78, 5) is 60.5. The summed E-state index contributed by atoms with van der Waals surface area (Å²) in [5, 5.41) is 80.0. The molecule has 17 nitrogen and oxygen atoms in total. The highest BCUT2D eigenvalue weighted by Crippen LogP contribution is 2.73. The van der Waals surface area contributed by atoms with Crippen LogP contribution < -0.4 is 5.73 Å². The van der Waals surface area contributed by atoms with E-state index in [9.17, 15) is 77.1 Å². The fourth-order valence-corrected chi connectivity index (χ4v) is 27.8. The second kappa shape index (κ2) is 22.9. The first kappa shape index (κ1) is 71.5. The summed E-state index contributed by atoms with van der Waals surface area (Å²) in [5.74, 6) is -4.74. The number of ether oxygens (including phenoxy) is 2. The molecule has 21 fully saturated rings. The van der Waals surface area contributed by atoms with Crippen LogP contribution in [0.15, 0.2) is 0 Å². The molecule has 95 heavy (non-hydrogen) atoms. The Morgan fingerprint density at radius 1 is 0.432 bits per heavy atom. The Labute approximate surface area is 555 Å². The van der Waals surface area contributed by atoms with Gasteiger partial charge in [0.2, 0.25) is 5.91 Å². The number of rotatable bonds is 11. The number of nitrogens with two attached hydrogens (primary N) is 1. The lowest BCUT2D eigenvalue weighted by Crippen LogP contribution is -2.68. The molecule has 0 aromatic rings. The number of carbonyl (C=O) groups excluding carboxylic acids is 3. The minimum atomic E-state index is -1.61. The van der Waals surface area contributed by atoms with Gasteiger partial charge in [-0.3, -0.25) is 24.0 Å². The number of esters is 2. The van der Waals surface area contributed by atoms with Gasteiger partial charge in [-0.1, -0.05) is 34.6 Å². The standard InChI is InChI=1S/C16H25BF2N2O3.C15H24O4.C14H20F2O2.C13H18F2O2.C13H20O4/c18-15-5-10-4-14(7-15,8-16(19,6-10)9-15)12(20)13(22)21-3-1-2-11(21)17(23)24;1-10(11(16)19-3)13-4-12(2)5-14(17,7-13)9-15(18,6-12)8-13;1-9(11(17)18-2)12-3-10-4-13(15,6-12)8-14(16,5-10)7-12;1-8(10(16)17)11-2-9-3-12(14,5-11)7-13(15,4-9)6-11;1-8(10(14)15)11-2-9-3-12(16,5-11)7-13(17,4-9)6-11/h10-12,23-24H,1-9,20H2;10,17-18H,4-9H2,1-3H3;9-10H,3-8H2,1-2H3;8-9H,2-7H2,1H3,(H,16,17);8-9,16-17H,2-7H2,1H3,(H,14,15)/t10?,11-,12+,14?,15?,16?;10-,12?,13?,14?,15?;9-,10?,12?,13?,14?;2*8-,9?,11?,12?,13?/m01111/s1. The Bertz CT molecular complexity index is 2870. The van der Waals surface area contributed by atoms with Crippen LogP contribution in [-0.2, 0) is 33.4 Å². The van der Waals surface area contributed by atoms with Gasteiger partial charge in [0.1, 0.15) is 34.0 Å². The van der Waals surface area contributed by atoms with Gasteiger partial charge in [-0.2, -0.15) is 0 Å². The summed E-state index contributed by atoms with van der Waals surface area (Å²) in [6.07, 6.45) is 15.2. The van der Waals surface area contributed by atoms with Crippen molar-refractivity contribution in [2.45, 2.75) is 308 Å². The van der Waals surface area contributed by atoms with E-state index in [1.807, 2.05) is 6.92 Å². The minimum Gasteiger partial charge on any atom is -0.481 e. The molecule has 21 rings (SSSR count). The van der Waals surface area contributed by atoms with Crippen molar-refractivity contribution in [1.82, 2.24) is 4.90 Å². The molecule has 1 amide bonds. The molecule has 20 aliphatic carbocycles. The third-order valence-corrected chi connectivity index (χ3v) is 28.7. The second-order valence-electron chi connectivity index (χ2n) is 37.3. The molecule has 0 spiro atoms. The first-order chi connectivity index (χ1) is 43.6. The van der Waals surface area contributed by atoms with Crippen LogP contribution in [0.2, 0.25) is 0 Å². The van der Waals surface area contributed by atoms with Gasteiger partial charge in [-0.05, 0) is 224 Å². The Hall–Kier alpha value is -3.29. The van der Waals surface area contributed by atoms with Gasteiger partial charge in [0.25, 0.3) is 0 Å². The van der Waals surface area contributed by atoms with Gasteiger partial charge in [0.05, 0.1) is 72.3 Å². The van der Waals surface area contributed by atoms with Crippen molar-refractivity contribution in [2.75, 3.05) is 20.8 Å². The molecule has 0 aromatic heterocycles. The van der Waals surface area contributed by atoms with E-state index in [-0.39, 0.29) is 97.3 Å². The van der Waals surface area contributed by atoms with E-state index in [4.69, 9.17) is 20.3 Å². The Balaban J connectivity index is 0.000000114. The average molecular weight is 1350 g/mol. The smallest absolute Gasteiger partial charge is 0.475 e. The molecule has 24 heteroatoms. The molecule has 1 heterocycles. The van der Waals surface area contributed by atoms with Crippen molar-refractivity contribution < 1.29 is 100 Å².